The van der Waals surface area contributed by atoms with Crippen molar-refractivity contribution in [3.05, 3.63) is 71.8 Å². The fourth-order valence-electron chi connectivity index (χ4n) is 1.92. The van der Waals surface area contributed by atoms with Gasteiger partial charge in [0.05, 0.1) is 0 Å². The minimum absolute atomic E-state index is 0.154. The number of hydrogen-bond donors (Lipinski definition) is 0. The molecule has 0 aliphatic carbocycles. The molecule has 0 aromatic heterocycles. The van der Waals surface area contributed by atoms with Crippen molar-refractivity contribution >= 4 is 9.53 Å². The van der Waals surface area contributed by atoms with E-state index in [2.05, 4.69) is 24.3 Å². The first-order valence-corrected chi connectivity index (χ1v) is 7.57. The molecule has 0 aliphatic heterocycles. The van der Waals surface area contributed by atoms with E-state index in [1.165, 1.54) is 0 Å². The summed E-state index contributed by atoms with van der Waals surface area (Å²) in [7, 11) is 1.15. The molecule has 0 bridgehead atoms. The van der Waals surface area contributed by atoms with E-state index in [9.17, 15) is 0 Å². The van der Waals surface area contributed by atoms with E-state index >= 15 is 0 Å². The summed E-state index contributed by atoms with van der Waals surface area (Å²) in [4.78, 5) is 0. The van der Waals surface area contributed by atoms with Crippen molar-refractivity contribution in [2.45, 2.75) is 6.10 Å². The largest absolute Gasteiger partial charge is 0.484 e. The van der Waals surface area contributed by atoms with E-state index in [4.69, 9.17) is 13.3 Å². The van der Waals surface area contributed by atoms with Crippen molar-refractivity contribution < 1.29 is 13.3 Å². The van der Waals surface area contributed by atoms with Crippen molar-refractivity contribution in [2.24, 2.45) is 0 Å². The molecule has 0 spiro atoms. The molecule has 0 heterocycles. The topological polar surface area (TPSA) is 27.7 Å². The van der Waals surface area contributed by atoms with Crippen LogP contribution < -0.4 is 0 Å². The van der Waals surface area contributed by atoms with Crippen molar-refractivity contribution in [1.29, 1.82) is 0 Å². The lowest BCUT2D eigenvalue weighted by Crippen LogP contribution is -2.26. The summed E-state index contributed by atoms with van der Waals surface area (Å²) in [6.07, 6.45) is -0.154. The third-order valence-electron chi connectivity index (χ3n) is 2.84. The standard InChI is InChI=1S/C15H18O3Si/c1-16-19(17-2)18-15(13-9-5-3-6-10-13)14-11-7-4-8-12-14/h3-12,15,19H,1-2H3. The molecular weight excluding hydrogens is 256 g/mol. The van der Waals surface area contributed by atoms with Crippen molar-refractivity contribution in [1.82, 2.24) is 0 Å². The fraction of sp³-hybridized carbons (Fsp3) is 0.200. The molecule has 0 radical (unpaired) electrons. The monoisotopic (exact) mass is 274 g/mol. The van der Waals surface area contributed by atoms with Gasteiger partial charge in [-0.2, -0.15) is 0 Å². The quantitative estimate of drug-likeness (QED) is 0.758. The molecule has 100 valence electrons. The Morgan fingerprint density at radius 2 is 1.16 bits per heavy atom. The Hall–Kier alpha value is -1.46. The molecule has 0 fully saturated rings. The Kier molecular flexibility index (Phi) is 5.29. The zero-order valence-electron chi connectivity index (χ0n) is 11.2. The Morgan fingerprint density at radius 1 is 0.737 bits per heavy atom. The Bertz CT molecular complexity index is 432. The summed E-state index contributed by atoms with van der Waals surface area (Å²) in [5.74, 6) is 0. The van der Waals surface area contributed by atoms with Crippen LogP contribution in [0.25, 0.3) is 0 Å². The van der Waals surface area contributed by atoms with Gasteiger partial charge in [-0.15, -0.1) is 0 Å². The van der Waals surface area contributed by atoms with Crippen LogP contribution in [0.3, 0.4) is 0 Å². The molecule has 0 N–H and O–H groups in total. The van der Waals surface area contributed by atoms with Crippen molar-refractivity contribution in [3.63, 3.8) is 0 Å². The minimum atomic E-state index is -2.09. The summed E-state index contributed by atoms with van der Waals surface area (Å²) in [5, 5.41) is 0. The molecule has 3 nitrogen and oxygen atoms in total. The van der Waals surface area contributed by atoms with Crippen molar-refractivity contribution in [3.8, 4) is 0 Å². The summed E-state index contributed by atoms with van der Waals surface area (Å²) in [6, 6.07) is 20.2. The van der Waals surface area contributed by atoms with Gasteiger partial charge >= 0.3 is 9.53 Å². The molecule has 0 saturated carbocycles. The van der Waals surface area contributed by atoms with E-state index in [0.29, 0.717) is 0 Å². The Balaban J connectivity index is 2.29. The van der Waals surface area contributed by atoms with Crippen LogP contribution in [0.5, 0.6) is 0 Å². The van der Waals surface area contributed by atoms with Crippen LogP contribution in [0.4, 0.5) is 0 Å². The molecule has 0 aliphatic rings. The van der Waals surface area contributed by atoms with E-state index in [1.807, 2.05) is 36.4 Å². The van der Waals surface area contributed by atoms with Gasteiger partial charge in [0.25, 0.3) is 0 Å². The van der Waals surface area contributed by atoms with Gasteiger partial charge in [0.1, 0.15) is 6.10 Å². The molecule has 0 unspecified atom stereocenters. The summed E-state index contributed by atoms with van der Waals surface area (Å²) in [5.41, 5.74) is 2.20. The lowest BCUT2D eigenvalue weighted by molar-refractivity contribution is 0.104. The van der Waals surface area contributed by atoms with Crippen LogP contribution in [-0.4, -0.2) is 23.7 Å². The third kappa shape index (κ3) is 3.75. The average molecular weight is 274 g/mol. The summed E-state index contributed by atoms with van der Waals surface area (Å²) in [6.45, 7) is 0. The highest BCUT2D eigenvalue weighted by molar-refractivity contribution is 6.36. The van der Waals surface area contributed by atoms with E-state index < -0.39 is 9.53 Å². The summed E-state index contributed by atoms with van der Waals surface area (Å²) < 4.78 is 16.6. The first-order chi connectivity index (χ1) is 9.35. The number of rotatable bonds is 6. The second-order valence-electron chi connectivity index (χ2n) is 4.10. The molecule has 2 aromatic rings. The molecule has 0 amide bonds. The van der Waals surface area contributed by atoms with Crippen LogP contribution >= 0.6 is 0 Å². The van der Waals surface area contributed by atoms with E-state index in [1.54, 1.807) is 14.2 Å². The van der Waals surface area contributed by atoms with Crippen molar-refractivity contribution in [2.75, 3.05) is 14.2 Å². The zero-order valence-corrected chi connectivity index (χ0v) is 12.3. The van der Waals surface area contributed by atoms with Crippen LogP contribution in [0.2, 0.25) is 0 Å². The van der Waals surface area contributed by atoms with Gasteiger partial charge in [-0.1, -0.05) is 60.7 Å². The number of hydrogen-bond acceptors (Lipinski definition) is 3. The van der Waals surface area contributed by atoms with Gasteiger partial charge in [0.15, 0.2) is 0 Å². The maximum absolute atomic E-state index is 6.02. The first kappa shape index (κ1) is 14.0. The highest BCUT2D eigenvalue weighted by Crippen LogP contribution is 2.26. The maximum atomic E-state index is 6.02. The van der Waals surface area contributed by atoms with E-state index in [-0.39, 0.29) is 6.10 Å². The second kappa shape index (κ2) is 7.21. The van der Waals surface area contributed by atoms with Gasteiger partial charge in [-0.25, -0.2) is 0 Å². The second-order valence-corrected chi connectivity index (χ2v) is 5.89. The van der Waals surface area contributed by atoms with Gasteiger partial charge in [-0.3, -0.25) is 0 Å². The fourth-order valence-corrected chi connectivity index (χ4v) is 2.87. The molecule has 0 atom stereocenters. The molecule has 2 aromatic carbocycles. The average Bonchev–Trinajstić information content (AvgIpc) is 2.50. The molecular formula is C15H18O3Si. The maximum Gasteiger partial charge on any atom is 0.484 e. The lowest BCUT2D eigenvalue weighted by Gasteiger charge is -2.22. The smallest absolute Gasteiger partial charge is 0.379 e. The molecule has 19 heavy (non-hydrogen) atoms. The Morgan fingerprint density at radius 3 is 1.53 bits per heavy atom. The first-order valence-electron chi connectivity index (χ1n) is 6.16. The summed E-state index contributed by atoms with van der Waals surface area (Å²) >= 11 is 0. The third-order valence-corrected chi connectivity index (χ3v) is 4.10. The van der Waals surface area contributed by atoms with Crippen LogP contribution in [0, 0.1) is 0 Å². The SMILES string of the molecule is CO[SiH](OC)OC(c1ccccc1)c1ccccc1. The minimum Gasteiger partial charge on any atom is -0.379 e. The predicted molar refractivity (Wildman–Crippen MR) is 77.0 cm³/mol. The molecule has 4 heteroatoms. The lowest BCUT2D eigenvalue weighted by atomic mass is 10.0. The van der Waals surface area contributed by atoms with Gasteiger partial charge in [0.2, 0.25) is 0 Å². The predicted octanol–water partition coefficient (Wildman–Crippen LogP) is 2.80. The van der Waals surface area contributed by atoms with Crippen LogP contribution in [0.1, 0.15) is 17.2 Å². The van der Waals surface area contributed by atoms with Gasteiger partial charge < -0.3 is 13.3 Å². The Labute approximate surface area is 115 Å². The molecule has 2 rings (SSSR count). The number of benzene rings is 2. The van der Waals surface area contributed by atoms with Crippen LogP contribution in [0.15, 0.2) is 60.7 Å². The highest BCUT2D eigenvalue weighted by atomic mass is 28.3. The van der Waals surface area contributed by atoms with E-state index in [0.717, 1.165) is 11.1 Å². The van der Waals surface area contributed by atoms with Gasteiger partial charge in [0, 0.05) is 14.2 Å². The van der Waals surface area contributed by atoms with Crippen LogP contribution in [-0.2, 0) is 13.3 Å². The zero-order chi connectivity index (χ0) is 13.5. The molecule has 0 saturated heterocycles. The normalized spacial score (nSPS) is 11.2. The highest BCUT2D eigenvalue weighted by Gasteiger charge is 2.21. The van der Waals surface area contributed by atoms with Gasteiger partial charge in [-0.05, 0) is 11.1 Å².